The molecule has 12 heavy (non-hydrogen) atoms. The number of aliphatic carboxylic acids is 1. The van der Waals surface area contributed by atoms with Crippen LogP contribution in [0.15, 0.2) is 0 Å². The van der Waals surface area contributed by atoms with E-state index in [1.54, 1.807) is 6.92 Å². The zero-order chi connectivity index (χ0) is 8.32. The molecule has 0 unspecified atom stereocenters. The predicted octanol–water partition coefficient (Wildman–Crippen LogP) is 0.638. The Hall–Kier alpha value is -0.720. The number of hydrogen-bond donors (Lipinski definition) is 2. The van der Waals surface area contributed by atoms with Crippen molar-refractivity contribution in [3.8, 4) is 11.8 Å². The largest absolute Gasteiger partial charge is 0.479 e. The van der Waals surface area contributed by atoms with Gasteiger partial charge in [0.2, 0.25) is 0 Å². The normalized spacial score (nSPS) is 26.8. The average Bonchev–Trinajstić information content (AvgIpc) is 2.38. The molecular formula is C8H12ClNO2. The first-order valence-electron chi connectivity index (χ1n) is 3.63. The molecule has 1 aliphatic rings. The van der Waals surface area contributed by atoms with E-state index in [1.807, 2.05) is 0 Å². The molecule has 0 aromatic heterocycles. The van der Waals surface area contributed by atoms with Crippen molar-refractivity contribution in [1.29, 1.82) is 0 Å². The number of halogens is 1. The van der Waals surface area contributed by atoms with Gasteiger partial charge in [-0.05, 0) is 26.3 Å². The Morgan fingerprint density at radius 1 is 1.67 bits per heavy atom. The second-order valence-corrected chi connectivity index (χ2v) is 2.62. The molecule has 4 heteroatoms. The van der Waals surface area contributed by atoms with Gasteiger partial charge in [-0.15, -0.1) is 18.3 Å². The fourth-order valence-corrected chi connectivity index (χ4v) is 1.30. The van der Waals surface area contributed by atoms with Gasteiger partial charge in [0.05, 0.1) is 0 Å². The lowest BCUT2D eigenvalue weighted by Gasteiger charge is -2.16. The number of nitrogens with one attached hydrogen (secondary N) is 1. The first-order valence-corrected chi connectivity index (χ1v) is 3.63. The molecule has 0 aromatic rings. The topological polar surface area (TPSA) is 49.3 Å². The van der Waals surface area contributed by atoms with Gasteiger partial charge in [0.25, 0.3) is 0 Å². The summed E-state index contributed by atoms with van der Waals surface area (Å²) >= 11 is 0. The lowest BCUT2D eigenvalue weighted by molar-refractivity contribution is -0.141. The maximum atomic E-state index is 10.7. The Morgan fingerprint density at radius 2 is 2.33 bits per heavy atom. The lowest BCUT2D eigenvalue weighted by Crippen LogP contribution is -2.46. The predicted molar refractivity (Wildman–Crippen MR) is 48.3 cm³/mol. The number of hydrogen-bond acceptors (Lipinski definition) is 2. The third kappa shape index (κ3) is 1.90. The highest BCUT2D eigenvalue weighted by atomic mass is 35.5. The van der Waals surface area contributed by atoms with E-state index in [0.717, 1.165) is 13.0 Å². The molecule has 0 amide bonds. The Kier molecular flexibility index (Phi) is 4.08. The summed E-state index contributed by atoms with van der Waals surface area (Å²) in [7, 11) is 0. The van der Waals surface area contributed by atoms with Crippen molar-refractivity contribution in [2.75, 3.05) is 6.54 Å². The maximum absolute atomic E-state index is 10.7. The minimum Gasteiger partial charge on any atom is -0.479 e. The van der Waals surface area contributed by atoms with Gasteiger partial charge in [0, 0.05) is 0 Å². The smallest absolute Gasteiger partial charge is 0.336 e. The van der Waals surface area contributed by atoms with E-state index < -0.39 is 11.5 Å². The molecule has 0 saturated carbocycles. The Balaban J connectivity index is 0.00000121. The molecule has 1 aliphatic heterocycles. The first kappa shape index (κ1) is 11.3. The molecule has 1 rings (SSSR count). The fourth-order valence-electron chi connectivity index (χ4n) is 1.30. The highest BCUT2D eigenvalue weighted by Crippen LogP contribution is 2.18. The van der Waals surface area contributed by atoms with E-state index in [1.165, 1.54) is 0 Å². The van der Waals surface area contributed by atoms with Gasteiger partial charge in [-0.1, -0.05) is 5.92 Å². The number of carbonyl (C=O) groups is 1. The first-order chi connectivity index (χ1) is 5.21. The molecule has 0 bridgehead atoms. The summed E-state index contributed by atoms with van der Waals surface area (Å²) in [6.45, 7) is 2.41. The van der Waals surface area contributed by atoms with Crippen molar-refractivity contribution in [2.24, 2.45) is 0 Å². The molecular weight excluding hydrogens is 178 g/mol. The van der Waals surface area contributed by atoms with Crippen molar-refractivity contribution in [1.82, 2.24) is 5.32 Å². The average molecular weight is 190 g/mol. The molecule has 0 spiro atoms. The molecule has 0 radical (unpaired) electrons. The van der Waals surface area contributed by atoms with Crippen LogP contribution in [0.3, 0.4) is 0 Å². The summed E-state index contributed by atoms with van der Waals surface area (Å²) in [5, 5.41) is 11.7. The number of carboxylic acids is 1. The van der Waals surface area contributed by atoms with E-state index >= 15 is 0 Å². The van der Waals surface area contributed by atoms with Gasteiger partial charge in [-0.2, -0.15) is 0 Å². The minimum atomic E-state index is -0.950. The second kappa shape index (κ2) is 4.34. The van der Waals surface area contributed by atoms with Crippen LogP contribution in [0.25, 0.3) is 0 Å². The van der Waals surface area contributed by atoms with Crippen LogP contribution in [0.2, 0.25) is 0 Å². The van der Waals surface area contributed by atoms with Crippen molar-refractivity contribution in [2.45, 2.75) is 25.3 Å². The summed E-state index contributed by atoms with van der Waals surface area (Å²) in [6.07, 6.45) is 1.50. The third-order valence-electron chi connectivity index (χ3n) is 1.86. The van der Waals surface area contributed by atoms with Gasteiger partial charge in [0.1, 0.15) is 0 Å². The van der Waals surface area contributed by atoms with Crippen molar-refractivity contribution in [3.63, 3.8) is 0 Å². The zero-order valence-corrected chi connectivity index (χ0v) is 7.70. The molecule has 0 aromatic carbocycles. The van der Waals surface area contributed by atoms with Crippen molar-refractivity contribution in [3.05, 3.63) is 0 Å². The summed E-state index contributed by atoms with van der Waals surface area (Å²) in [4.78, 5) is 10.7. The molecule has 1 fully saturated rings. The summed E-state index contributed by atoms with van der Waals surface area (Å²) < 4.78 is 0. The Labute approximate surface area is 77.9 Å². The third-order valence-corrected chi connectivity index (χ3v) is 1.86. The molecule has 1 saturated heterocycles. The van der Waals surface area contributed by atoms with Gasteiger partial charge in [0.15, 0.2) is 5.54 Å². The van der Waals surface area contributed by atoms with Crippen LogP contribution < -0.4 is 5.32 Å². The quantitative estimate of drug-likeness (QED) is 0.596. The highest BCUT2D eigenvalue weighted by molar-refractivity contribution is 5.85. The minimum absolute atomic E-state index is 0. The molecule has 1 atom stereocenters. The van der Waals surface area contributed by atoms with Crippen molar-refractivity contribution < 1.29 is 9.90 Å². The monoisotopic (exact) mass is 189 g/mol. The number of rotatable bonds is 1. The Morgan fingerprint density at radius 3 is 2.67 bits per heavy atom. The standard InChI is InChI=1S/C8H11NO2.ClH/c1-2-4-8(7(10)11)5-3-6-9-8;/h9H,3,5-6H2,1H3,(H,10,11);1H/t8-;/m0./s1. The molecule has 1 heterocycles. The van der Waals surface area contributed by atoms with Gasteiger partial charge < -0.3 is 5.11 Å². The van der Waals surface area contributed by atoms with Crippen LogP contribution in [0.5, 0.6) is 0 Å². The van der Waals surface area contributed by atoms with Crippen LogP contribution in [-0.2, 0) is 4.79 Å². The molecule has 0 aliphatic carbocycles. The summed E-state index contributed by atoms with van der Waals surface area (Å²) in [5.74, 6) is 4.48. The van der Waals surface area contributed by atoms with Crippen LogP contribution in [-0.4, -0.2) is 23.2 Å². The van der Waals surface area contributed by atoms with Crippen molar-refractivity contribution >= 4 is 18.4 Å². The van der Waals surface area contributed by atoms with Gasteiger partial charge in [-0.3, -0.25) is 5.32 Å². The van der Waals surface area contributed by atoms with Crippen LogP contribution in [0.1, 0.15) is 19.8 Å². The molecule has 68 valence electrons. The van der Waals surface area contributed by atoms with E-state index in [9.17, 15) is 4.79 Å². The second-order valence-electron chi connectivity index (χ2n) is 2.62. The Bertz CT molecular complexity index is 223. The van der Waals surface area contributed by atoms with E-state index in [4.69, 9.17) is 5.11 Å². The van der Waals surface area contributed by atoms with Crippen LogP contribution in [0, 0.1) is 11.8 Å². The van der Waals surface area contributed by atoms with Gasteiger partial charge >= 0.3 is 5.97 Å². The number of carboxylic acid groups (broad SMARTS) is 1. The summed E-state index contributed by atoms with van der Waals surface area (Å²) in [6, 6.07) is 0. The van der Waals surface area contributed by atoms with Crippen LogP contribution in [0.4, 0.5) is 0 Å². The van der Waals surface area contributed by atoms with Crippen LogP contribution >= 0.6 is 12.4 Å². The SMILES string of the molecule is CC#C[C@@]1(C(=O)O)CCCN1.Cl. The molecule has 2 N–H and O–H groups in total. The molecule has 3 nitrogen and oxygen atoms in total. The fraction of sp³-hybridized carbons (Fsp3) is 0.625. The lowest BCUT2D eigenvalue weighted by atomic mass is 9.99. The van der Waals surface area contributed by atoms with E-state index in [-0.39, 0.29) is 12.4 Å². The highest BCUT2D eigenvalue weighted by Gasteiger charge is 2.39. The summed E-state index contributed by atoms with van der Waals surface area (Å²) in [5.41, 5.74) is -0.950. The van der Waals surface area contributed by atoms with E-state index in [0.29, 0.717) is 6.42 Å². The van der Waals surface area contributed by atoms with Gasteiger partial charge in [-0.25, -0.2) is 4.79 Å². The zero-order valence-electron chi connectivity index (χ0n) is 6.89. The van der Waals surface area contributed by atoms with E-state index in [2.05, 4.69) is 17.2 Å². The maximum Gasteiger partial charge on any atom is 0.336 e.